The van der Waals surface area contributed by atoms with Gasteiger partial charge in [0.2, 0.25) is 5.16 Å². The van der Waals surface area contributed by atoms with E-state index >= 15 is 0 Å². The van der Waals surface area contributed by atoms with Gasteiger partial charge in [-0.05, 0) is 54.8 Å². The van der Waals surface area contributed by atoms with E-state index in [0.717, 1.165) is 3.97 Å². The molecule has 1 atom stereocenters. The zero-order valence-corrected chi connectivity index (χ0v) is 27.2. The van der Waals surface area contributed by atoms with Gasteiger partial charge < -0.3 is 16.0 Å². The smallest absolute Gasteiger partial charge is 1.00 e. The summed E-state index contributed by atoms with van der Waals surface area (Å²) in [4.78, 5) is 19.3. The van der Waals surface area contributed by atoms with Crippen LogP contribution in [0.3, 0.4) is 0 Å². The molecule has 1 N–H and O–H groups in total. The maximum absolute atomic E-state index is 14.2. The van der Waals surface area contributed by atoms with Crippen LogP contribution in [0.5, 0.6) is 11.5 Å². The normalized spacial score (nSPS) is 12.6. The number of ether oxygens (including phenoxy) is 2. The van der Waals surface area contributed by atoms with Gasteiger partial charge in [0, 0.05) is 11.8 Å². The van der Waals surface area contributed by atoms with Crippen molar-refractivity contribution in [1.82, 2.24) is 13.9 Å². The average molecular weight is 650 g/mol. The molecule has 0 fully saturated rings. The minimum atomic E-state index is -4.56. The summed E-state index contributed by atoms with van der Waals surface area (Å²) in [5, 5.41) is 8.62. The van der Waals surface area contributed by atoms with Crippen LogP contribution in [-0.4, -0.2) is 57.0 Å². The second-order valence-electron chi connectivity index (χ2n) is 9.46. The van der Waals surface area contributed by atoms with E-state index in [1.54, 1.807) is 32.0 Å². The molecule has 0 aliphatic heterocycles. The molecular weight excluding hydrogens is 622 g/mol. The summed E-state index contributed by atoms with van der Waals surface area (Å²) < 4.78 is 91.2. The Balaban J connectivity index is 0.00000337. The maximum Gasteiger partial charge on any atom is 1.00 e. The molecule has 0 bridgehead atoms. The van der Waals surface area contributed by atoms with Crippen molar-refractivity contribution >= 4 is 37.8 Å². The fourth-order valence-electron chi connectivity index (χ4n) is 4.11. The molecule has 43 heavy (non-hydrogen) atoms. The molecule has 0 aliphatic rings. The Morgan fingerprint density at radius 3 is 2.49 bits per heavy atom. The van der Waals surface area contributed by atoms with E-state index in [9.17, 15) is 30.6 Å². The topological polar surface area (TPSA) is 138 Å². The number of hydrogen-bond acceptors (Lipinski definition) is 8. The van der Waals surface area contributed by atoms with Crippen LogP contribution in [0.4, 0.5) is 13.2 Å². The fourth-order valence-corrected chi connectivity index (χ4v) is 7.50. The van der Waals surface area contributed by atoms with Gasteiger partial charge in [0.15, 0.2) is 13.2 Å². The molecule has 0 spiro atoms. The van der Waals surface area contributed by atoms with Crippen LogP contribution in [-0.2, 0) is 31.4 Å². The SMILES string of the molecule is Cc1c(OCC(F)(F)F)ccnc1CS(=O)c1nc2ccccc2n1S(=O)(=O)c1ccc(OCC(=O)O)cc1C(C)C.[H-].[Na+]. The first kappa shape index (κ1) is 34.5. The molecule has 0 aliphatic carbocycles. The zero-order valence-electron chi connectivity index (χ0n) is 24.6. The number of para-hydroxylation sites is 2. The number of pyridine rings is 1. The number of nitrogens with zero attached hydrogens (tertiary/aromatic N) is 3. The zero-order chi connectivity index (χ0) is 30.8. The Hall–Kier alpha value is -2.98. The van der Waals surface area contributed by atoms with E-state index in [1.807, 2.05) is 0 Å². The number of fused-ring (bicyclic) bond motifs is 1. The minimum absolute atomic E-state index is 0. The molecule has 2 aromatic heterocycles. The van der Waals surface area contributed by atoms with Crippen LogP contribution in [0.15, 0.2) is 64.8 Å². The van der Waals surface area contributed by atoms with Crippen molar-refractivity contribution in [2.24, 2.45) is 0 Å². The van der Waals surface area contributed by atoms with E-state index < -0.39 is 46.2 Å². The Morgan fingerprint density at radius 2 is 1.84 bits per heavy atom. The van der Waals surface area contributed by atoms with Crippen LogP contribution in [0, 0.1) is 6.92 Å². The van der Waals surface area contributed by atoms with Gasteiger partial charge >= 0.3 is 41.7 Å². The number of hydrogen-bond donors (Lipinski definition) is 1. The predicted molar refractivity (Wildman–Crippen MR) is 148 cm³/mol. The molecule has 0 amide bonds. The monoisotopic (exact) mass is 649 g/mol. The number of aromatic nitrogens is 3. The average Bonchev–Trinajstić information content (AvgIpc) is 3.32. The second kappa shape index (κ2) is 13.8. The van der Waals surface area contributed by atoms with Crippen molar-refractivity contribution < 1.29 is 76.2 Å². The van der Waals surface area contributed by atoms with Crippen molar-refractivity contribution in [2.75, 3.05) is 13.2 Å². The number of benzene rings is 2. The third-order valence-corrected chi connectivity index (χ3v) is 9.21. The van der Waals surface area contributed by atoms with Crippen molar-refractivity contribution in [3.8, 4) is 11.5 Å². The molecule has 2 aromatic carbocycles. The second-order valence-corrected chi connectivity index (χ2v) is 12.6. The largest absolute Gasteiger partial charge is 1.00 e. The standard InChI is InChI=1S/C27H26F3N3O7S2.Na.H/c1-16(2)19-12-18(39-13-25(34)35)8-9-24(19)42(37,38)33-22-7-5-4-6-20(22)32-26(33)41(36)14-21-17(3)23(10-11-31-21)40-15-27(28,29)30;;/h4-12,16H,13-15H2,1-3H3,(H,34,35);;/q;+1;-1. The van der Waals surface area contributed by atoms with Gasteiger partial charge in [-0.15, -0.1) is 0 Å². The Morgan fingerprint density at radius 1 is 1.14 bits per heavy atom. The number of halogens is 3. The Kier molecular flexibility index (Phi) is 11.0. The van der Waals surface area contributed by atoms with Gasteiger partial charge in [-0.2, -0.15) is 13.2 Å². The van der Waals surface area contributed by atoms with Crippen LogP contribution < -0.4 is 39.0 Å². The molecule has 10 nitrogen and oxygen atoms in total. The molecule has 0 radical (unpaired) electrons. The van der Waals surface area contributed by atoms with Crippen molar-refractivity contribution in [3.63, 3.8) is 0 Å². The fraction of sp³-hybridized carbons (Fsp3) is 0.296. The summed E-state index contributed by atoms with van der Waals surface area (Å²) in [6.07, 6.45) is -3.35. The molecule has 2 heterocycles. The molecule has 0 saturated heterocycles. The summed E-state index contributed by atoms with van der Waals surface area (Å²) >= 11 is 0. The van der Waals surface area contributed by atoms with E-state index in [4.69, 9.17) is 14.6 Å². The summed E-state index contributed by atoms with van der Waals surface area (Å²) in [5.41, 5.74) is 1.11. The van der Waals surface area contributed by atoms with Crippen molar-refractivity contribution in [1.29, 1.82) is 0 Å². The first-order chi connectivity index (χ1) is 19.7. The van der Waals surface area contributed by atoms with E-state index in [2.05, 4.69) is 9.97 Å². The third-order valence-electron chi connectivity index (χ3n) is 6.10. The number of alkyl halides is 3. The molecule has 16 heteroatoms. The van der Waals surface area contributed by atoms with Gasteiger partial charge in [0.05, 0.1) is 38.2 Å². The van der Waals surface area contributed by atoms with Gasteiger partial charge in [0.25, 0.3) is 10.0 Å². The van der Waals surface area contributed by atoms with Gasteiger partial charge in [-0.25, -0.2) is 22.2 Å². The summed E-state index contributed by atoms with van der Waals surface area (Å²) in [5.74, 6) is -1.82. The molecule has 226 valence electrons. The summed E-state index contributed by atoms with van der Waals surface area (Å²) in [6.45, 7) is 2.83. The van der Waals surface area contributed by atoms with Gasteiger partial charge in [0.1, 0.15) is 11.5 Å². The van der Waals surface area contributed by atoms with Crippen molar-refractivity contribution in [3.05, 3.63) is 71.5 Å². The Bertz CT molecular complexity index is 1780. The molecule has 4 rings (SSSR count). The van der Waals surface area contributed by atoms with Gasteiger partial charge in [-0.3, -0.25) is 9.19 Å². The van der Waals surface area contributed by atoms with Crippen LogP contribution in [0.1, 0.15) is 38.0 Å². The number of imidazole rings is 1. The quantitative estimate of drug-likeness (QED) is 0.242. The molecule has 4 aromatic rings. The number of carboxylic acids is 1. The number of rotatable bonds is 11. The molecule has 0 saturated carbocycles. The summed E-state index contributed by atoms with van der Waals surface area (Å²) in [7, 11) is -6.56. The minimum Gasteiger partial charge on any atom is -1.00 e. The predicted octanol–water partition coefficient (Wildman–Crippen LogP) is 1.93. The van der Waals surface area contributed by atoms with Crippen molar-refractivity contribution in [2.45, 2.75) is 48.7 Å². The van der Waals surface area contributed by atoms with E-state index in [-0.39, 0.29) is 86.5 Å². The number of carboxylic acid groups (broad SMARTS) is 1. The van der Waals surface area contributed by atoms with Crippen LogP contribution in [0.2, 0.25) is 0 Å². The Labute approximate surface area is 271 Å². The number of aliphatic carboxylic acids is 1. The number of carbonyl (C=O) groups is 1. The van der Waals surface area contributed by atoms with E-state index in [1.165, 1.54) is 43.5 Å². The third kappa shape index (κ3) is 7.95. The molecule has 1 unspecified atom stereocenters. The van der Waals surface area contributed by atoms with Crippen LogP contribution in [0.25, 0.3) is 11.0 Å². The summed E-state index contributed by atoms with van der Waals surface area (Å²) in [6, 6.07) is 11.6. The van der Waals surface area contributed by atoms with E-state index in [0.29, 0.717) is 5.56 Å². The maximum atomic E-state index is 14.2. The van der Waals surface area contributed by atoms with Gasteiger partial charge in [-0.1, -0.05) is 26.0 Å². The van der Waals surface area contributed by atoms with Crippen LogP contribution >= 0.6 is 0 Å². The first-order valence-corrected chi connectivity index (χ1v) is 15.2. The first-order valence-electron chi connectivity index (χ1n) is 12.4. The molecular formula is C27H27F3N3NaO7S2.